The molecule has 1 fully saturated rings. The first kappa shape index (κ1) is 18.0. The van der Waals surface area contributed by atoms with Gasteiger partial charge in [-0.25, -0.2) is 4.79 Å². The molecule has 0 heterocycles. The van der Waals surface area contributed by atoms with E-state index in [1.807, 2.05) is 0 Å². The van der Waals surface area contributed by atoms with Crippen LogP contribution in [0.3, 0.4) is 0 Å². The molecule has 0 unspecified atom stereocenters. The average molecular weight is 296 g/mol. The van der Waals surface area contributed by atoms with Crippen molar-refractivity contribution in [3.8, 4) is 0 Å². The van der Waals surface area contributed by atoms with E-state index in [1.54, 1.807) is 6.92 Å². The Labute approximate surface area is 129 Å². The third-order valence-corrected chi connectivity index (χ3v) is 4.20. The van der Waals surface area contributed by atoms with Crippen molar-refractivity contribution in [3.05, 3.63) is 0 Å². The number of amides is 2. The summed E-state index contributed by atoms with van der Waals surface area (Å²) in [4.78, 5) is 22.7. The van der Waals surface area contributed by atoms with E-state index < -0.39 is 0 Å². The van der Waals surface area contributed by atoms with Gasteiger partial charge in [-0.1, -0.05) is 57.8 Å². The lowest BCUT2D eigenvalue weighted by molar-refractivity contribution is -0.116. The predicted molar refractivity (Wildman–Crippen MR) is 86.4 cm³/mol. The third kappa shape index (κ3) is 10.3. The van der Waals surface area contributed by atoms with E-state index >= 15 is 0 Å². The first-order valence-corrected chi connectivity index (χ1v) is 8.72. The summed E-state index contributed by atoms with van der Waals surface area (Å²) in [6.45, 7) is 1.99. The summed E-state index contributed by atoms with van der Waals surface area (Å²) in [6, 6.07) is 0.176. The van der Waals surface area contributed by atoms with Crippen molar-refractivity contribution < 1.29 is 9.59 Å². The molecule has 4 nitrogen and oxygen atoms in total. The van der Waals surface area contributed by atoms with E-state index in [4.69, 9.17) is 0 Å². The predicted octanol–water partition coefficient (Wildman–Crippen LogP) is 3.94. The molecule has 1 rings (SSSR count). The molecule has 0 aliphatic heterocycles. The fourth-order valence-electron chi connectivity index (χ4n) is 2.90. The summed E-state index contributed by atoms with van der Waals surface area (Å²) in [6.07, 6.45) is 14.3. The molecule has 0 bridgehead atoms. The Morgan fingerprint density at radius 3 is 1.81 bits per heavy atom. The van der Waals surface area contributed by atoms with Crippen LogP contribution in [-0.2, 0) is 4.79 Å². The molecule has 0 radical (unpaired) electrons. The third-order valence-electron chi connectivity index (χ3n) is 4.20. The van der Waals surface area contributed by atoms with Gasteiger partial charge < -0.3 is 10.6 Å². The van der Waals surface area contributed by atoms with Gasteiger partial charge in [0.1, 0.15) is 5.78 Å². The van der Waals surface area contributed by atoms with Gasteiger partial charge >= 0.3 is 6.03 Å². The molecule has 1 aliphatic rings. The smallest absolute Gasteiger partial charge is 0.315 e. The van der Waals surface area contributed by atoms with Crippen molar-refractivity contribution in [2.45, 2.75) is 90.0 Å². The van der Waals surface area contributed by atoms with E-state index in [2.05, 4.69) is 10.6 Å². The summed E-state index contributed by atoms with van der Waals surface area (Å²) in [5.41, 5.74) is 0. The minimum absolute atomic E-state index is 0.112. The van der Waals surface area contributed by atoms with Gasteiger partial charge in [0, 0.05) is 19.0 Å². The van der Waals surface area contributed by atoms with E-state index in [0.29, 0.717) is 19.0 Å². The fraction of sp³-hybridized carbons (Fsp3) is 0.882. The number of carbonyl (C=O) groups is 2. The lowest BCUT2D eigenvalue weighted by atomic mass is 9.98. The molecule has 122 valence electrons. The van der Waals surface area contributed by atoms with Gasteiger partial charge in [0.05, 0.1) is 0 Å². The summed E-state index contributed by atoms with van der Waals surface area (Å²) < 4.78 is 0. The van der Waals surface area contributed by atoms with Gasteiger partial charge in [0.2, 0.25) is 0 Å². The Bertz CT molecular complexity index is 293. The zero-order chi connectivity index (χ0) is 15.3. The first-order valence-electron chi connectivity index (χ1n) is 8.72. The quantitative estimate of drug-likeness (QED) is 0.825. The largest absolute Gasteiger partial charge is 0.338 e. The van der Waals surface area contributed by atoms with E-state index in [1.165, 1.54) is 57.8 Å². The number of carbonyl (C=O) groups excluding carboxylic acids is 2. The second kappa shape index (κ2) is 11.6. The van der Waals surface area contributed by atoms with E-state index in [0.717, 1.165) is 12.8 Å². The van der Waals surface area contributed by atoms with Crippen LogP contribution in [0.5, 0.6) is 0 Å². The molecule has 0 saturated heterocycles. The normalized spacial score (nSPS) is 19.1. The number of rotatable bonds is 4. The van der Waals surface area contributed by atoms with Crippen LogP contribution < -0.4 is 10.6 Å². The van der Waals surface area contributed by atoms with Crippen molar-refractivity contribution in [1.82, 2.24) is 10.6 Å². The first-order chi connectivity index (χ1) is 10.2. The van der Waals surface area contributed by atoms with E-state index in [9.17, 15) is 9.59 Å². The molecule has 0 aromatic rings. The minimum atomic E-state index is -0.117. The number of hydrogen-bond donors (Lipinski definition) is 2. The highest BCUT2D eigenvalue weighted by Crippen LogP contribution is 2.16. The Kier molecular flexibility index (Phi) is 9.92. The molecule has 1 saturated carbocycles. The molecule has 1 aliphatic carbocycles. The summed E-state index contributed by atoms with van der Waals surface area (Å²) in [5.74, 6) is 0.112. The maximum atomic E-state index is 11.8. The van der Waals surface area contributed by atoms with Crippen LogP contribution in [0, 0.1) is 0 Å². The summed E-state index contributed by atoms with van der Waals surface area (Å²) in [7, 11) is 0. The van der Waals surface area contributed by atoms with Crippen LogP contribution in [0.1, 0.15) is 84.0 Å². The Morgan fingerprint density at radius 2 is 1.33 bits per heavy atom. The minimum Gasteiger partial charge on any atom is -0.338 e. The molecule has 21 heavy (non-hydrogen) atoms. The molecule has 2 amide bonds. The van der Waals surface area contributed by atoms with Gasteiger partial charge in [0.15, 0.2) is 0 Å². The maximum absolute atomic E-state index is 11.8. The van der Waals surface area contributed by atoms with Crippen LogP contribution in [0.15, 0.2) is 0 Å². The SMILES string of the molecule is CC(=O)CCNC(=O)NC1CCCCCCCCCCC1. The zero-order valence-corrected chi connectivity index (χ0v) is 13.6. The van der Waals surface area contributed by atoms with Crippen molar-refractivity contribution in [2.24, 2.45) is 0 Å². The van der Waals surface area contributed by atoms with Crippen LogP contribution in [-0.4, -0.2) is 24.4 Å². The monoisotopic (exact) mass is 296 g/mol. The summed E-state index contributed by atoms with van der Waals surface area (Å²) in [5, 5.41) is 5.86. The highest BCUT2D eigenvalue weighted by Gasteiger charge is 2.12. The number of hydrogen-bond acceptors (Lipinski definition) is 2. The van der Waals surface area contributed by atoms with Crippen molar-refractivity contribution in [3.63, 3.8) is 0 Å². The van der Waals surface area contributed by atoms with Crippen molar-refractivity contribution in [1.29, 1.82) is 0 Å². The molecular formula is C17H32N2O2. The maximum Gasteiger partial charge on any atom is 0.315 e. The second-order valence-corrected chi connectivity index (χ2v) is 6.31. The van der Waals surface area contributed by atoms with Gasteiger partial charge in [-0.15, -0.1) is 0 Å². The van der Waals surface area contributed by atoms with Crippen molar-refractivity contribution >= 4 is 11.8 Å². The Hall–Kier alpha value is -1.06. The number of ketones is 1. The van der Waals surface area contributed by atoms with Crippen molar-refractivity contribution in [2.75, 3.05) is 6.54 Å². The highest BCUT2D eigenvalue weighted by molar-refractivity contribution is 5.77. The molecular weight excluding hydrogens is 264 g/mol. The number of Topliss-reactive ketones (excluding diaryl/α,β-unsaturated/α-hetero) is 1. The lowest BCUT2D eigenvalue weighted by Crippen LogP contribution is -2.42. The molecule has 2 N–H and O–H groups in total. The average Bonchev–Trinajstić information content (AvgIpc) is 2.41. The van der Waals surface area contributed by atoms with Crippen LogP contribution >= 0.6 is 0 Å². The molecule has 0 aromatic carbocycles. The molecule has 4 heteroatoms. The summed E-state index contributed by atoms with van der Waals surface area (Å²) >= 11 is 0. The zero-order valence-electron chi connectivity index (χ0n) is 13.6. The second-order valence-electron chi connectivity index (χ2n) is 6.31. The van der Waals surface area contributed by atoms with Crippen LogP contribution in [0.2, 0.25) is 0 Å². The number of urea groups is 1. The highest BCUT2D eigenvalue weighted by atomic mass is 16.2. The topological polar surface area (TPSA) is 58.2 Å². The fourth-order valence-corrected chi connectivity index (χ4v) is 2.90. The number of nitrogens with one attached hydrogen (secondary N) is 2. The Morgan fingerprint density at radius 1 is 0.857 bits per heavy atom. The molecule has 0 aromatic heterocycles. The lowest BCUT2D eigenvalue weighted by Gasteiger charge is -2.19. The molecule has 0 atom stereocenters. The Balaban J connectivity index is 2.26. The van der Waals surface area contributed by atoms with Gasteiger partial charge in [0.25, 0.3) is 0 Å². The standard InChI is InChI=1S/C17H32N2O2/c1-15(20)13-14-18-17(21)19-16-11-9-7-5-3-2-4-6-8-10-12-16/h16H,2-14H2,1H3,(H2,18,19,21). The molecule has 0 spiro atoms. The van der Waals surface area contributed by atoms with Gasteiger partial charge in [-0.05, 0) is 19.8 Å². The van der Waals surface area contributed by atoms with Gasteiger partial charge in [-0.2, -0.15) is 0 Å². The van der Waals surface area contributed by atoms with E-state index in [-0.39, 0.29) is 11.8 Å². The van der Waals surface area contributed by atoms with Crippen LogP contribution in [0.25, 0.3) is 0 Å². The van der Waals surface area contributed by atoms with Gasteiger partial charge in [-0.3, -0.25) is 4.79 Å². The van der Waals surface area contributed by atoms with Crippen LogP contribution in [0.4, 0.5) is 4.79 Å².